The lowest BCUT2D eigenvalue weighted by Crippen LogP contribution is -2.55. The van der Waals surface area contributed by atoms with E-state index in [4.69, 9.17) is 11.5 Å². The minimum absolute atomic E-state index is 0.168. The Morgan fingerprint density at radius 2 is 1.07 bits per heavy atom. The van der Waals surface area contributed by atoms with Crippen LogP contribution in [0.5, 0.6) is 0 Å². The maximum atomic E-state index is 14.4. The van der Waals surface area contributed by atoms with Gasteiger partial charge in [0.25, 0.3) is 0 Å². The number of likely N-dealkylation sites (tertiary alicyclic amines) is 2. The van der Waals surface area contributed by atoms with Crippen molar-refractivity contribution in [3.63, 3.8) is 0 Å². The van der Waals surface area contributed by atoms with E-state index in [2.05, 4.69) is 4.98 Å². The number of carbonyl (C=O) groups is 4. The third kappa shape index (κ3) is 5.95. The Balaban J connectivity index is 1.19. The molecule has 2 aliphatic heterocycles. The predicted molar refractivity (Wildman–Crippen MR) is 223 cm³/mol. The number of hydrogen-bond donors (Lipinski definition) is 3. The van der Waals surface area contributed by atoms with Gasteiger partial charge in [0.05, 0.1) is 5.52 Å². The van der Waals surface area contributed by atoms with Gasteiger partial charge in [-0.1, -0.05) is 91.0 Å². The molecule has 4 amide bonds. The molecule has 57 heavy (non-hydrogen) atoms. The molecule has 2 aliphatic rings. The molecule has 4 atom stereocenters. The third-order valence-electron chi connectivity index (χ3n) is 12.4. The van der Waals surface area contributed by atoms with E-state index in [1.807, 2.05) is 147 Å². The van der Waals surface area contributed by atoms with E-state index in [-0.39, 0.29) is 11.8 Å². The van der Waals surface area contributed by atoms with Gasteiger partial charge in [0.1, 0.15) is 23.2 Å². The van der Waals surface area contributed by atoms with E-state index in [0.29, 0.717) is 49.9 Å². The molecule has 8 rings (SSSR count). The van der Waals surface area contributed by atoms with Crippen molar-refractivity contribution in [3.8, 4) is 0 Å². The number of likely N-dealkylation sites (N-methyl/N-ethyl adjacent to an activating group) is 2. The number of nitrogens with zero attached hydrogens (tertiary/aromatic N) is 4. The minimum Gasteiger partial charge on any atom is -0.367 e. The number of aromatic amines is 1. The Bertz CT molecular complexity index is 2530. The molecule has 0 radical (unpaired) electrons. The Hall–Kier alpha value is -6.04. The van der Waals surface area contributed by atoms with Gasteiger partial charge in [-0.25, -0.2) is 0 Å². The Morgan fingerprint density at radius 1 is 0.596 bits per heavy atom. The molecule has 292 valence electrons. The molecular weight excluding hydrogens is 715 g/mol. The molecule has 11 nitrogen and oxygen atoms in total. The molecule has 2 unspecified atom stereocenters. The number of nitrogens with two attached hydrogens (primary N) is 2. The van der Waals surface area contributed by atoms with Crippen molar-refractivity contribution in [2.45, 2.75) is 48.8 Å². The molecule has 6 aromatic rings. The van der Waals surface area contributed by atoms with Crippen LogP contribution >= 0.6 is 0 Å². The molecule has 2 saturated heterocycles. The van der Waals surface area contributed by atoms with Gasteiger partial charge in [0, 0.05) is 34.8 Å². The smallest absolute Gasteiger partial charge is 0.248 e. The van der Waals surface area contributed by atoms with Crippen molar-refractivity contribution >= 4 is 56.2 Å². The largest absolute Gasteiger partial charge is 0.367 e. The van der Waals surface area contributed by atoms with Crippen LogP contribution in [0.3, 0.4) is 0 Å². The van der Waals surface area contributed by atoms with Crippen molar-refractivity contribution < 1.29 is 19.2 Å². The monoisotopic (exact) mass is 763 g/mol. The molecule has 11 heteroatoms. The molecule has 1 aromatic heterocycles. The van der Waals surface area contributed by atoms with Gasteiger partial charge in [-0.2, -0.15) is 0 Å². The van der Waals surface area contributed by atoms with E-state index in [1.54, 1.807) is 9.80 Å². The lowest BCUT2D eigenvalue weighted by molar-refractivity contribution is -0.148. The van der Waals surface area contributed by atoms with Crippen LogP contribution in [0.1, 0.15) is 60.0 Å². The topological polar surface area (TPSA) is 149 Å². The zero-order valence-corrected chi connectivity index (χ0v) is 32.9. The molecule has 0 saturated carbocycles. The summed E-state index contributed by atoms with van der Waals surface area (Å²) in [5.74, 6) is -1.45. The van der Waals surface area contributed by atoms with Gasteiger partial charge in [0.2, 0.25) is 23.6 Å². The summed E-state index contributed by atoms with van der Waals surface area (Å²) in [5.41, 5.74) is 14.7. The van der Waals surface area contributed by atoms with Gasteiger partial charge in [0.15, 0.2) is 0 Å². The van der Waals surface area contributed by atoms with E-state index < -0.39 is 35.0 Å². The van der Waals surface area contributed by atoms with Crippen molar-refractivity contribution in [2.24, 2.45) is 11.5 Å². The Kier molecular flexibility index (Phi) is 9.61. The number of nitrogens with one attached hydrogen (secondary N) is 1. The zero-order chi connectivity index (χ0) is 40.2. The lowest BCUT2D eigenvalue weighted by atomic mass is 9.84. The summed E-state index contributed by atoms with van der Waals surface area (Å²) in [6.45, 7) is 0.827. The first kappa shape index (κ1) is 37.9. The van der Waals surface area contributed by atoms with Crippen LogP contribution in [-0.4, -0.2) is 89.5 Å². The van der Waals surface area contributed by atoms with Gasteiger partial charge < -0.3 is 26.3 Å². The summed E-state index contributed by atoms with van der Waals surface area (Å²) in [4.78, 5) is 66.8. The summed E-state index contributed by atoms with van der Waals surface area (Å²) in [6, 6.07) is 33.8. The molecule has 0 aliphatic carbocycles. The second kappa shape index (κ2) is 14.5. The standard InChI is InChI=1S/C46H49N7O4/c1-50(2)39(29-13-7-5-8-14-29)41(54)52-25-11-23-45(52,43(47)56)32-18-21-34-31(27-32)17-20-35-36-28-33(19-22-37(36)49-38(34)35)46(44(48)57)24-12-26-53(46)42(55)40(51(3)4)30-15-9-6-10-16-30/h5-10,13-22,27-28,39-40,49H,11-12,23-26H2,1-4H3,(H2,47,56)(H2,48,57)/t39-,40-,45?,46?/m1/s1. The van der Waals surface area contributed by atoms with Crippen LogP contribution < -0.4 is 11.5 Å². The van der Waals surface area contributed by atoms with Gasteiger partial charge in [-0.3, -0.25) is 29.0 Å². The first-order valence-corrected chi connectivity index (χ1v) is 19.5. The fourth-order valence-electron chi connectivity index (χ4n) is 9.73. The van der Waals surface area contributed by atoms with Crippen LogP contribution in [0.25, 0.3) is 32.6 Å². The van der Waals surface area contributed by atoms with Gasteiger partial charge in [-0.15, -0.1) is 0 Å². The van der Waals surface area contributed by atoms with Crippen molar-refractivity contribution in [3.05, 3.63) is 131 Å². The lowest BCUT2D eigenvalue weighted by Gasteiger charge is -2.39. The second-order valence-corrected chi connectivity index (χ2v) is 16.0. The minimum atomic E-state index is -1.32. The molecule has 0 bridgehead atoms. The highest BCUT2D eigenvalue weighted by Crippen LogP contribution is 2.45. The van der Waals surface area contributed by atoms with Crippen LogP contribution in [-0.2, 0) is 30.3 Å². The predicted octanol–water partition coefficient (Wildman–Crippen LogP) is 5.69. The highest BCUT2D eigenvalue weighted by molar-refractivity contribution is 6.17. The van der Waals surface area contributed by atoms with Crippen molar-refractivity contribution in [2.75, 3.05) is 41.3 Å². The van der Waals surface area contributed by atoms with Gasteiger partial charge in [-0.05, 0) is 99.7 Å². The van der Waals surface area contributed by atoms with Crippen LogP contribution in [0.2, 0.25) is 0 Å². The van der Waals surface area contributed by atoms with Crippen LogP contribution in [0.15, 0.2) is 109 Å². The highest BCUT2D eigenvalue weighted by atomic mass is 16.2. The van der Waals surface area contributed by atoms with E-state index in [0.717, 1.165) is 43.7 Å². The number of H-pyrrole nitrogens is 1. The average Bonchev–Trinajstić information content (AvgIpc) is 3.95. The number of fused-ring (bicyclic) bond motifs is 5. The fourth-order valence-corrected chi connectivity index (χ4v) is 9.73. The molecule has 0 spiro atoms. The first-order chi connectivity index (χ1) is 27.4. The summed E-state index contributed by atoms with van der Waals surface area (Å²) >= 11 is 0. The maximum Gasteiger partial charge on any atom is 0.248 e. The quantitative estimate of drug-likeness (QED) is 0.163. The zero-order valence-electron chi connectivity index (χ0n) is 32.9. The van der Waals surface area contributed by atoms with Crippen molar-refractivity contribution in [1.82, 2.24) is 24.6 Å². The molecule has 3 heterocycles. The van der Waals surface area contributed by atoms with Gasteiger partial charge >= 0.3 is 0 Å². The summed E-state index contributed by atoms with van der Waals surface area (Å²) < 4.78 is 0. The summed E-state index contributed by atoms with van der Waals surface area (Å²) in [5, 5.41) is 3.66. The number of amides is 4. The Labute approximate surface area is 332 Å². The number of benzene rings is 5. The number of primary amides is 2. The Morgan fingerprint density at radius 3 is 1.56 bits per heavy atom. The molecule has 5 N–H and O–H groups in total. The SMILES string of the molecule is CN(C)[C@@H](C(=O)N1CCCC1(C(N)=O)c1ccc2c(ccc3c4cc(C5(C(N)=O)CCCN5C(=O)[C@@H](c5ccccc5)N(C)C)ccc4[nH]c23)c1)c1ccccc1. The second-order valence-electron chi connectivity index (χ2n) is 16.0. The third-order valence-corrected chi connectivity index (χ3v) is 12.4. The van der Waals surface area contributed by atoms with E-state index in [9.17, 15) is 19.2 Å². The normalized spacial score (nSPS) is 20.9. The first-order valence-electron chi connectivity index (χ1n) is 19.5. The summed E-state index contributed by atoms with van der Waals surface area (Å²) in [7, 11) is 7.47. The molecule has 2 fully saturated rings. The van der Waals surface area contributed by atoms with Crippen LogP contribution in [0.4, 0.5) is 0 Å². The number of aromatic nitrogens is 1. The average molecular weight is 764 g/mol. The van der Waals surface area contributed by atoms with E-state index >= 15 is 0 Å². The molecule has 5 aromatic carbocycles. The number of carbonyl (C=O) groups excluding carboxylic acids is 4. The maximum absolute atomic E-state index is 14.4. The summed E-state index contributed by atoms with van der Waals surface area (Å²) in [6.07, 6.45) is 2.13. The fraction of sp³-hybridized carbons (Fsp3) is 0.304. The van der Waals surface area contributed by atoms with Crippen LogP contribution in [0, 0.1) is 0 Å². The number of hydrogen-bond acceptors (Lipinski definition) is 6. The number of rotatable bonds is 10. The van der Waals surface area contributed by atoms with Crippen molar-refractivity contribution in [1.29, 1.82) is 0 Å². The highest BCUT2D eigenvalue weighted by Gasteiger charge is 2.53. The molecular formula is C46H49N7O4. The van der Waals surface area contributed by atoms with E-state index in [1.165, 1.54) is 0 Å².